The van der Waals surface area contributed by atoms with Gasteiger partial charge in [0.05, 0.1) is 6.61 Å². The van der Waals surface area contributed by atoms with Gasteiger partial charge in [-0.25, -0.2) is 4.58 Å². The molecule has 2 aliphatic carbocycles. The molecule has 2 aliphatic rings. The zero-order valence-corrected chi connectivity index (χ0v) is 15.6. The molecule has 0 radical (unpaired) electrons. The van der Waals surface area contributed by atoms with E-state index in [-0.39, 0.29) is 17.9 Å². The van der Waals surface area contributed by atoms with Gasteiger partial charge in [-0.1, -0.05) is 18.6 Å². The second-order valence-corrected chi connectivity index (χ2v) is 7.23. The first kappa shape index (κ1) is 19.5. The third-order valence-corrected chi connectivity index (χ3v) is 4.96. The van der Waals surface area contributed by atoms with E-state index in [1.54, 1.807) is 0 Å². The molecule has 1 saturated carbocycles. The molecule has 2 rings (SSSR count). The molecule has 0 heterocycles. The molecule has 4 nitrogen and oxygen atoms in total. The summed E-state index contributed by atoms with van der Waals surface area (Å²) in [5.74, 6) is 3.61. The fraction of sp³-hybridized carbons (Fsp3) is 0.619. The zero-order valence-electron chi connectivity index (χ0n) is 15.6. The topological polar surface area (TPSA) is 45.3 Å². The minimum Gasteiger partial charge on any atom is -0.474 e. The summed E-state index contributed by atoms with van der Waals surface area (Å²) in [6, 6.07) is 0. The lowest BCUT2D eigenvalue weighted by Gasteiger charge is -2.27. The summed E-state index contributed by atoms with van der Waals surface area (Å²) in [5.41, 5.74) is 1.80. The summed E-state index contributed by atoms with van der Waals surface area (Å²) in [4.78, 5) is 0. The molecule has 0 saturated heterocycles. The molecular weight excluding hydrogens is 312 g/mol. The number of terminal acetylenes is 1. The van der Waals surface area contributed by atoms with Gasteiger partial charge in [0.1, 0.15) is 33.0 Å². The molecule has 1 fully saturated rings. The highest BCUT2D eigenvalue weighted by atomic mass is 16.5. The van der Waals surface area contributed by atoms with E-state index in [0.717, 1.165) is 44.1 Å². The number of rotatable bonds is 7. The minimum atomic E-state index is 0.134. The van der Waals surface area contributed by atoms with Crippen molar-refractivity contribution in [2.45, 2.75) is 44.6 Å². The van der Waals surface area contributed by atoms with Gasteiger partial charge >= 0.3 is 0 Å². The number of hydrogen-bond acceptors (Lipinski definition) is 3. The SMILES string of the molecule is C#CCOCC1CCC=C1C(=C)C(=N)OC1CCC(C=[N+](C)C)CC1. The van der Waals surface area contributed by atoms with Crippen molar-refractivity contribution >= 4 is 12.1 Å². The van der Waals surface area contributed by atoms with Crippen LogP contribution in [-0.4, -0.2) is 50.1 Å². The normalized spacial score (nSPS) is 25.6. The fourth-order valence-electron chi connectivity index (χ4n) is 3.71. The van der Waals surface area contributed by atoms with E-state index in [0.29, 0.717) is 24.7 Å². The summed E-state index contributed by atoms with van der Waals surface area (Å²) >= 11 is 0. The molecule has 0 bridgehead atoms. The van der Waals surface area contributed by atoms with Crippen LogP contribution >= 0.6 is 0 Å². The molecule has 136 valence electrons. The molecule has 0 aromatic carbocycles. The van der Waals surface area contributed by atoms with Crippen LogP contribution in [0.1, 0.15) is 38.5 Å². The molecule has 0 amide bonds. The highest BCUT2D eigenvalue weighted by molar-refractivity contribution is 5.95. The van der Waals surface area contributed by atoms with Gasteiger partial charge in [0.15, 0.2) is 0 Å². The summed E-state index contributed by atoms with van der Waals surface area (Å²) in [7, 11) is 4.14. The van der Waals surface area contributed by atoms with Gasteiger partial charge in [0, 0.05) is 17.4 Å². The second-order valence-electron chi connectivity index (χ2n) is 7.23. The minimum absolute atomic E-state index is 0.134. The average molecular weight is 343 g/mol. The molecule has 0 aliphatic heterocycles. The van der Waals surface area contributed by atoms with Crippen LogP contribution in [0.2, 0.25) is 0 Å². The van der Waals surface area contributed by atoms with Gasteiger partial charge in [-0.05, 0) is 44.1 Å². The number of allylic oxidation sites excluding steroid dienone is 1. The largest absolute Gasteiger partial charge is 0.474 e. The number of nitrogens with zero attached hydrogens (tertiary/aromatic N) is 1. The lowest BCUT2D eigenvalue weighted by atomic mass is 9.88. The zero-order chi connectivity index (χ0) is 18.2. The molecule has 0 spiro atoms. The van der Waals surface area contributed by atoms with Crippen molar-refractivity contribution < 1.29 is 14.0 Å². The van der Waals surface area contributed by atoms with E-state index in [9.17, 15) is 0 Å². The van der Waals surface area contributed by atoms with E-state index in [2.05, 4.69) is 43.5 Å². The van der Waals surface area contributed by atoms with Crippen LogP contribution < -0.4 is 0 Å². The Labute approximate surface area is 152 Å². The van der Waals surface area contributed by atoms with E-state index >= 15 is 0 Å². The van der Waals surface area contributed by atoms with Crippen LogP contribution in [0, 0.1) is 29.6 Å². The Hall–Kier alpha value is -1.86. The van der Waals surface area contributed by atoms with Crippen LogP contribution in [0.5, 0.6) is 0 Å². The Kier molecular flexibility index (Phi) is 7.46. The maximum atomic E-state index is 8.31. The van der Waals surface area contributed by atoms with Crippen molar-refractivity contribution in [3.8, 4) is 12.3 Å². The Balaban J connectivity index is 1.82. The molecule has 4 heteroatoms. The van der Waals surface area contributed by atoms with Crippen molar-refractivity contribution in [3.63, 3.8) is 0 Å². The van der Waals surface area contributed by atoms with E-state index in [1.165, 1.54) is 0 Å². The number of ether oxygens (including phenoxy) is 2. The summed E-state index contributed by atoms with van der Waals surface area (Å²) < 4.78 is 13.5. The Bertz CT molecular complexity index is 586. The van der Waals surface area contributed by atoms with Crippen LogP contribution in [0.15, 0.2) is 23.8 Å². The molecule has 25 heavy (non-hydrogen) atoms. The van der Waals surface area contributed by atoms with Crippen LogP contribution in [0.25, 0.3) is 0 Å². The van der Waals surface area contributed by atoms with Gasteiger partial charge in [-0.2, -0.15) is 0 Å². The summed E-state index contributed by atoms with van der Waals surface area (Å²) in [6.45, 7) is 5.03. The summed E-state index contributed by atoms with van der Waals surface area (Å²) in [6.07, 6.45) is 16.1. The van der Waals surface area contributed by atoms with Crippen LogP contribution in [0.4, 0.5) is 0 Å². The predicted molar refractivity (Wildman–Crippen MR) is 102 cm³/mol. The third kappa shape index (κ3) is 5.86. The number of nitrogens with one attached hydrogen (secondary N) is 1. The molecule has 0 aromatic rings. The Morgan fingerprint density at radius 3 is 2.72 bits per heavy atom. The maximum Gasteiger partial charge on any atom is 0.213 e. The maximum absolute atomic E-state index is 8.31. The van der Waals surface area contributed by atoms with Crippen molar-refractivity contribution in [1.82, 2.24) is 0 Å². The monoisotopic (exact) mass is 343 g/mol. The molecule has 1 atom stereocenters. The first-order valence-electron chi connectivity index (χ1n) is 9.18. The molecule has 0 aromatic heterocycles. The van der Waals surface area contributed by atoms with E-state index < -0.39 is 0 Å². The number of hydrogen-bond donors (Lipinski definition) is 1. The van der Waals surface area contributed by atoms with Gasteiger partial charge in [-0.15, -0.1) is 6.42 Å². The lowest BCUT2D eigenvalue weighted by Crippen LogP contribution is -2.27. The van der Waals surface area contributed by atoms with Gasteiger partial charge in [-0.3, -0.25) is 5.41 Å². The smallest absolute Gasteiger partial charge is 0.213 e. The predicted octanol–water partition coefficient (Wildman–Crippen LogP) is 3.42. The lowest BCUT2D eigenvalue weighted by molar-refractivity contribution is -0.462. The van der Waals surface area contributed by atoms with Crippen molar-refractivity contribution in [2.24, 2.45) is 11.8 Å². The van der Waals surface area contributed by atoms with Crippen molar-refractivity contribution in [3.05, 3.63) is 23.8 Å². The summed E-state index contributed by atoms with van der Waals surface area (Å²) in [5, 5.41) is 8.31. The Morgan fingerprint density at radius 1 is 1.36 bits per heavy atom. The van der Waals surface area contributed by atoms with Gasteiger partial charge in [0.25, 0.3) is 0 Å². The molecular formula is C21H31N2O2+. The fourth-order valence-corrected chi connectivity index (χ4v) is 3.71. The van der Waals surface area contributed by atoms with Crippen LogP contribution in [-0.2, 0) is 9.47 Å². The van der Waals surface area contributed by atoms with Crippen molar-refractivity contribution in [1.29, 1.82) is 5.41 Å². The second kappa shape index (κ2) is 9.58. The quantitative estimate of drug-likeness (QED) is 0.253. The highest BCUT2D eigenvalue weighted by Gasteiger charge is 2.27. The molecule has 1 unspecified atom stereocenters. The average Bonchev–Trinajstić information content (AvgIpc) is 3.04. The van der Waals surface area contributed by atoms with Crippen molar-refractivity contribution in [2.75, 3.05) is 27.3 Å². The van der Waals surface area contributed by atoms with E-state index in [1.807, 2.05) is 0 Å². The molecule has 1 N–H and O–H groups in total. The first-order chi connectivity index (χ1) is 12.0. The van der Waals surface area contributed by atoms with Gasteiger partial charge in [0.2, 0.25) is 5.90 Å². The third-order valence-electron chi connectivity index (χ3n) is 4.96. The van der Waals surface area contributed by atoms with Crippen LogP contribution in [0.3, 0.4) is 0 Å². The van der Waals surface area contributed by atoms with Gasteiger partial charge < -0.3 is 9.47 Å². The Morgan fingerprint density at radius 2 is 2.08 bits per heavy atom. The highest BCUT2D eigenvalue weighted by Crippen LogP contribution is 2.32. The first-order valence-corrected chi connectivity index (χ1v) is 9.18. The van der Waals surface area contributed by atoms with E-state index in [4.69, 9.17) is 21.3 Å². The standard InChI is InChI=1S/C21H31N2O2/c1-5-13-24-15-18-7-6-8-20(18)16(2)21(22)25-19-11-9-17(10-12-19)14-23(3)4/h1,8,14,17-19,22H,2,6-7,9-13,15H2,3-4H3/q+1.